The van der Waals surface area contributed by atoms with Gasteiger partial charge in [-0.3, -0.25) is 9.69 Å². The molecule has 1 N–H and O–H groups in total. The molecule has 1 saturated heterocycles. The topological polar surface area (TPSA) is 75.4 Å². The van der Waals surface area contributed by atoms with Crippen LogP contribution in [0.15, 0.2) is 39.5 Å². The van der Waals surface area contributed by atoms with Crippen LogP contribution in [-0.2, 0) is 4.79 Å². The van der Waals surface area contributed by atoms with E-state index in [9.17, 15) is 9.59 Å². The minimum atomic E-state index is -0.409. The lowest BCUT2D eigenvalue weighted by molar-refractivity contribution is -0.117. The number of anilines is 1. The Kier molecular flexibility index (Phi) is 4.89. The second kappa shape index (κ2) is 7.36. The van der Waals surface area contributed by atoms with Crippen molar-refractivity contribution >= 4 is 33.6 Å². The van der Waals surface area contributed by atoms with Crippen LogP contribution in [0.25, 0.3) is 21.9 Å². The molecule has 1 fully saturated rings. The van der Waals surface area contributed by atoms with Gasteiger partial charge >= 0.3 is 5.63 Å². The van der Waals surface area contributed by atoms with Crippen LogP contribution in [0.4, 0.5) is 5.82 Å². The van der Waals surface area contributed by atoms with Gasteiger partial charge in [0.2, 0.25) is 5.91 Å². The molecule has 0 aliphatic carbocycles. The number of piperidine rings is 1. The Bertz CT molecular complexity index is 1100. The Morgan fingerprint density at radius 3 is 2.71 bits per heavy atom. The van der Waals surface area contributed by atoms with Gasteiger partial charge in [0.05, 0.1) is 17.4 Å². The molecule has 0 spiro atoms. The molecule has 0 radical (unpaired) electrons. The number of nitrogens with one attached hydrogen (secondary N) is 1. The van der Waals surface area contributed by atoms with Gasteiger partial charge in [0.25, 0.3) is 0 Å². The summed E-state index contributed by atoms with van der Waals surface area (Å²) in [5.74, 6) is 1.58. The number of likely N-dealkylation sites (tertiary alicyclic amines) is 1. The summed E-state index contributed by atoms with van der Waals surface area (Å²) in [6.07, 6.45) is 1.21. The number of aryl methyl sites for hydroxylation is 1. The molecule has 3 aromatic rings. The average Bonchev–Trinajstić information content (AvgIpc) is 2.60. The van der Waals surface area contributed by atoms with E-state index in [1.807, 2.05) is 25.1 Å². The molecule has 1 aliphatic rings. The van der Waals surface area contributed by atoms with E-state index in [0.29, 0.717) is 40.7 Å². The van der Waals surface area contributed by atoms with Crippen LogP contribution in [0.1, 0.15) is 25.8 Å². The zero-order valence-electron chi connectivity index (χ0n) is 16.5. The molecule has 1 aliphatic heterocycles. The number of aromatic nitrogens is 1. The molecule has 6 nitrogen and oxygen atoms in total. The molecule has 0 bridgehead atoms. The number of fused-ring (bicyclic) bond motifs is 3. The van der Waals surface area contributed by atoms with Crippen LogP contribution in [0.3, 0.4) is 0 Å². The van der Waals surface area contributed by atoms with Gasteiger partial charge in [0.1, 0.15) is 11.4 Å². The highest BCUT2D eigenvalue weighted by molar-refractivity contribution is 6.04. The van der Waals surface area contributed by atoms with Crippen molar-refractivity contribution in [3.8, 4) is 0 Å². The van der Waals surface area contributed by atoms with Gasteiger partial charge in [0, 0.05) is 18.5 Å². The van der Waals surface area contributed by atoms with Crippen LogP contribution in [0, 0.1) is 18.8 Å². The van der Waals surface area contributed by atoms with Gasteiger partial charge in [0.15, 0.2) is 0 Å². The summed E-state index contributed by atoms with van der Waals surface area (Å²) in [5.41, 5.74) is 1.38. The number of pyridine rings is 1. The van der Waals surface area contributed by atoms with E-state index < -0.39 is 5.63 Å². The number of hydrogen-bond donors (Lipinski definition) is 1. The van der Waals surface area contributed by atoms with E-state index >= 15 is 0 Å². The number of rotatable bonds is 3. The van der Waals surface area contributed by atoms with Crippen molar-refractivity contribution in [1.29, 1.82) is 0 Å². The number of carbonyl (C=O) groups excluding carboxylic acids is 1. The summed E-state index contributed by atoms with van der Waals surface area (Å²) in [7, 11) is 0. The summed E-state index contributed by atoms with van der Waals surface area (Å²) in [6, 6.07) is 9.04. The van der Waals surface area contributed by atoms with Gasteiger partial charge in [-0.15, -0.1) is 0 Å². The predicted molar refractivity (Wildman–Crippen MR) is 111 cm³/mol. The maximum absolute atomic E-state index is 12.6. The van der Waals surface area contributed by atoms with Crippen LogP contribution >= 0.6 is 0 Å². The van der Waals surface area contributed by atoms with Crippen LogP contribution in [-0.4, -0.2) is 35.4 Å². The van der Waals surface area contributed by atoms with Crippen LogP contribution in [0.5, 0.6) is 0 Å². The van der Waals surface area contributed by atoms with E-state index in [4.69, 9.17) is 4.42 Å². The normalized spacial score (nSPS) is 20.5. The van der Waals surface area contributed by atoms with Gasteiger partial charge in [-0.25, -0.2) is 9.78 Å². The van der Waals surface area contributed by atoms with Crippen molar-refractivity contribution in [2.24, 2.45) is 11.8 Å². The first-order chi connectivity index (χ1) is 13.4. The lowest BCUT2D eigenvalue weighted by Crippen LogP contribution is -2.42. The lowest BCUT2D eigenvalue weighted by Gasteiger charge is -2.34. The monoisotopic (exact) mass is 379 g/mol. The summed E-state index contributed by atoms with van der Waals surface area (Å²) in [6.45, 7) is 8.52. The number of carbonyl (C=O) groups is 1. The van der Waals surface area contributed by atoms with Crippen molar-refractivity contribution in [2.75, 3.05) is 25.0 Å². The summed E-state index contributed by atoms with van der Waals surface area (Å²) in [4.78, 5) is 31.7. The summed E-state index contributed by atoms with van der Waals surface area (Å²) < 4.78 is 5.41. The fraction of sp³-hybridized carbons (Fsp3) is 0.409. The van der Waals surface area contributed by atoms with E-state index in [-0.39, 0.29) is 5.91 Å². The third-order valence-electron chi connectivity index (χ3n) is 5.34. The summed E-state index contributed by atoms with van der Waals surface area (Å²) >= 11 is 0. The van der Waals surface area contributed by atoms with Crippen molar-refractivity contribution in [3.05, 3.63) is 46.3 Å². The predicted octanol–water partition coefficient (Wildman–Crippen LogP) is 3.57. The highest BCUT2D eigenvalue weighted by atomic mass is 16.4. The van der Waals surface area contributed by atoms with Crippen molar-refractivity contribution < 1.29 is 9.21 Å². The molecule has 6 heteroatoms. The lowest BCUT2D eigenvalue weighted by atomic mass is 9.92. The molecule has 4 rings (SSSR count). The minimum absolute atomic E-state index is 0.0835. The largest absolute Gasteiger partial charge is 0.422 e. The Hall–Kier alpha value is -2.73. The Balaban J connectivity index is 1.63. The molecule has 28 heavy (non-hydrogen) atoms. The van der Waals surface area contributed by atoms with Gasteiger partial charge in [-0.1, -0.05) is 26.0 Å². The third kappa shape index (κ3) is 3.64. The molecular formula is C22H25N3O3. The summed E-state index contributed by atoms with van der Waals surface area (Å²) in [5, 5.41) is 4.12. The number of amides is 1. The van der Waals surface area contributed by atoms with E-state index in [1.54, 1.807) is 12.1 Å². The average molecular weight is 379 g/mol. The zero-order chi connectivity index (χ0) is 19.8. The second-order valence-corrected chi connectivity index (χ2v) is 8.12. The number of hydrogen-bond acceptors (Lipinski definition) is 5. The third-order valence-corrected chi connectivity index (χ3v) is 5.34. The Labute approximate surface area is 163 Å². The molecule has 146 valence electrons. The Morgan fingerprint density at radius 2 is 1.96 bits per heavy atom. The van der Waals surface area contributed by atoms with Gasteiger partial charge < -0.3 is 9.73 Å². The quantitative estimate of drug-likeness (QED) is 0.556. The zero-order valence-corrected chi connectivity index (χ0v) is 16.5. The maximum Gasteiger partial charge on any atom is 0.346 e. The highest BCUT2D eigenvalue weighted by Crippen LogP contribution is 2.25. The first-order valence-electron chi connectivity index (χ1n) is 9.76. The molecule has 1 aromatic carbocycles. The standard InChI is InChI=1S/C22H25N3O3/c1-13-8-14(2)11-25(10-13)12-19(26)23-18-9-15(3)20-21(24-18)16-6-4-5-7-17(16)28-22(20)27/h4-7,9,13-14H,8,10-12H2,1-3H3,(H,23,24,26). The first-order valence-corrected chi connectivity index (χ1v) is 9.76. The number of para-hydroxylation sites is 1. The molecule has 2 atom stereocenters. The van der Waals surface area contributed by atoms with Gasteiger partial charge in [-0.05, 0) is 48.9 Å². The highest BCUT2D eigenvalue weighted by Gasteiger charge is 2.23. The van der Waals surface area contributed by atoms with Crippen molar-refractivity contribution in [3.63, 3.8) is 0 Å². The first kappa shape index (κ1) is 18.6. The van der Waals surface area contributed by atoms with E-state index in [0.717, 1.165) is 24.0 Å². The fourth-order valence-corrected chi connectivity index (χ4v) is 4.40. The smallest absolute Gasteiger partial charge is 0.346 e. The molecule has 0 saturated carbocycles. The minimum Gasteiger partial charge on any atom is -0.422 e. The van der Waals surface area contributed by atoms with E-state index in [2.05, 4.69) is 29.0 Å². The molecular weight excluding hydrogens is 354 g/mol. The maximum atomic E-state index is 12.6. The number of nitrogens with zero attached hydrogens (tertiary/aromatic N) is 2. The second-order valence-electron chi connectivity index (χ2n) is 8.12. The molecule has 1 amide bonds. The molecule has 3 heterocycles. The van der Waals surface area contributed by atoms with Crippen molar-refractivity contribution in [2.45, 2.75) is 27.2 Å². The Morgan fingerprint density at radius 1 is 1.25 bits per heavy atom. The SMILES string of the molecule is Cc1cc(NC(=O)CN2CC(C)CC(C)C2)nc2c1c(=O)oc1ccccc12. The van der Waals surface area contributed by atoms with Gasteiger partial charge in [-0.2, -0.15) is 0 Å². The van der Waals surface area contributed by atoms with Crippen molar-refractivity contribution in [1.82, 2.24) is 9.88 Å². The van der Waals surface area contributed by atoms with Crippen LogP contribution in [0.2, 0.25) is 0 Å². The fourth-order valence-electron chi connectivity index (χ4n) is 4.40. The molecule has 2 unspecified atom stereocenters. The van der Waals surface area contributed by atoms with E-state index in [1.165, 1.54) is 6.42 Å². The molecule has 2 aromatic heterocycles. The number of benzene rings is 1. The van der Waals surface area contributed by atoms with Crippen LogP contribution < -0.4 is 10.9 Å².